The molecule has 0 aromatic carbocycles. The second-order valence-electron chi connectivity index (χ2n) is 5.84. The Kier molecular flexibility index (Phi) is 4.02. The molecule has 1 aliphatic heterocycles. The van der Waals surface area contributed by atoms with Crippen LogP contribution in [0.15, 0.2) is 12.3 Å². The average Bonchev–Trinajstić information content (AvgIpc) is 2.88. The van der Waals surface area contributed by atoms with Crippen molar-refractivity contribution in [3.63, 3.8) is 0 Å². The van der Waals surface area contributed by atoms with E-state index in [1.165, 1.54) is 0 Å². The molecule has 1 aliphatic carbocycles. The van der Waals surface area contributed by atoms with Gasteiger partial charge in [0.15, 0.2) is 0 Å². The zero-order valence-corrected chi connectivity index (χ0v) is 12.4. The average molecular weight is 308 g/mol. The van der Waals surface area contributed by atoms with Crippen molar-refractivity contribution in [2.75, 3.05) is 19.7 Å². The number of morpholine rings is 1. The van der Waals surface area contributed by atoms with Crippen molar-refractivity contribution in [3.8, 4) is 0 Å². The number of aliphatic carboxylic acids is 1. The standard InChI is InChI=1S/C14H20N4O4/c1-17-11(2-3-15-17)12-8-18(4-5-22-12)14(21)16-10-6-9(7-10)13(19)20/h2-3,9-10,12H,4-8H2,1H3,(H,16,21)(H,19,20). The van der Waals surface area contributed by atoms with E-state index in [-0.39, 0.29) is 24.1 Å². The highest BCUT2D eigenvalue weighted by Gasteiger charge is 2.36. The molecule has 2 heterocycles. The van der Waals surface area contributed by atoms with Crippen LogP contribution in [0.2, 0.25) is 0 Å². The molecule has 1 saturated heterocycles. The van der Waals surface area contributed by atoms with Crippen molar-refractivity contribution >= 4 is 12.0 Å². The maximum atomic E-state index is 12.3. The van der Waals surface area contributed by atoms with E-state index in [1.807, 2.05) is 13.1 Å². The molecule has 3 rings (SSSR count). The smallest absolute Gasteiger partial charge is 0.317 e. The summed E-state index contributed by atoms with van der Waals surface area (Å²) in [6, 6.07) is 1.70. The quantitative estimate of drug-likeness (QED) is 0.841. The van der Waals surface area contributed by atoms with E-state index in [0.29, 0.717) is 32.5 Å². The lowest BCUT2D eigenvalue weighted by Gasteiger charge is -2.37. The number of hydrogen-bond donors (Lipinski definition) is 2. The number of hydrogen-bond acceptors (Lipinski definition) is 4. The molecule has 2 N–H and O–H groups in total. The summed E-state index contributed by atoms with van der Waals surface area (Å²) in [6.45, 7) is 1.49. The van der Waals surface area contributed by atoms with Crippen LogP contribution in [-0.2, 0) is 16.6 Å². The van der Waals surface area contributed by atoms with E-state index in [1.54, 1.807) is 15.8 Å². The van der Waals surface area contributed by atoms with Gasteiger partial charge in [0.1, 0.15) is 6.10 Å². The predicted octanol–water partition coefficient (Wildman–Crippen LogP) is 0.366. The summed E-state index contributed by atoms with van der Waals surface area (Å²) in [6.07, 6.45) is 2.55. The van der Waals surface area contributed by atoms with Crippen LogP contribution >= 0.6 is 0 Å². The molecule has 120 valence electrons. The molecule has 22 heavy (non-hydrogen) atoms. The molecular formula is C14H20N4O4. The number of rotatable bonds is 3. The number of nitrogens with one attached hydrogen (secondary N) is 1. The topological polar surface area (TPSA) is 96.7 Å². The van der Waals surface area contributed by atoms with Gasteiger partial charge in [0.25, 0.3) is 0 Å². The van der Waals surface area contributed by atoms with Gasteiger partial charge in [-0.2, -0.15) is 5.10 Å². The maximum Gasteiger partial charge on any atom is 0.317 e. The molecule has 0 radical (unpaired) electrons. The molecule has 1 aromatic rings. The fourth-order valence-corrected chi connectivity index (χ4v) is 2.92. The lowest BCUT2D eigenvalue weighted by atomic mass is 9.80. The first-order valence-electron chi connectivity index (χ1n) is 7.42. The Morgan fingerprint density at radius 2 is 2.23 bits per heavy atom. The molecule has 1 unspecified atom stereocenters. The Balaban J connectivity index is 1.53. The lowest BCUT2D eigenvalue weighted by Crippen LogP contribution is -2.53. The number of nitrogens with zero attached hydrogens (tertiary/aromatic N) is 3. The van der Waals surface area contributed by atoms with E-state index >= 15 is 0 Å². The minimum atomic E-state index is -0.784. The van der Waals surface area contributed by atoms with Crippen LogP contribution in [0, 0.1) is 5.92 Å². The number of carbonyl (C=O) groups is 2. The van der Waals surface area contributed by atoms with Crippen molar-refractivity contribution in [2.24, 2.45) is 13.0 Å². The van der Waals surface area contributed by atoms with Crippen LogP contribution in [0.25, 0.3) is 0 Å². The summed E-state index contributed by atoms with van der Waals surface area (Å²) in [5.41, 5.74) is 0.937. The molecule has 1 aromatic heterocycles. The minimum absolute atomic E-state index is 0.0356. The maximum absolute atomic E-state index is 12.3. The number of aryl methyl sites for hydroxylation is 1. The van der Waals surface area contributed by atoms with Gasteiger partial charge in [-0.3, -0.25) is 9.48 Å². The van der Waals surface area contributed by atoms with Gasteiger partial charge in [-0.1, -0.05) is 0 Å². The van der Waals surface area contributed by atoms with E-state index in [4.69, 9.17) is 9.84 Å². The highest BCUT2D eigenvalue weighted by molar-refractivity contribution is 5.76. The van der Waals surface area contributed by atoms with Gasteiger partial charge in [0.05, 0.1) is 24.8 Å². The predicted molar refractivity (Wildman–Crippen MR) is 76.2 cm³/mol. The molecule has 1 atom stereocenters. The van der Waals surface area contributed by atoms with Crippen molar-refractivity contribution in [1.29, 1.82) is 0 Å². The molecule has 2 amide bonds. The van der Waals surface area contributed by atoms with Crippen LogP contribution < -0.4 is 5.32 Å². The van der Waals surface area contributed by atoms with Crippen molar-refractivity contribution in [1.82, 2.24) is 20.0 Å². The third kappa shape index (κ3) is 2.92. The molecule has 0 bridgehead atoms. The van der Waals surface area contributed by atoms with Gasteiger partial charge in [0.2, 0.25) is 0 Å². The summed E-state index contributed by atoms with van der Waals surface area (Å²) in [5.74, 6) is -1.11. The van der Waals surface area contributed by atoms with Crippen LogP contribution in [0.5, 0.6) is 0 Å². The van der Waals surface area contributed by atoms with Gasteiger partial charge in [-0.25, -0.2) is 4.79 Å². The third-order valence-electron chi connectivity index (χ3n) is 4.36. The summed E-state index contributed by atoms with van der Waals surface area (Å²) >= 11 is 0. The largest absolute Gasteiger partial charge is 0.481 e. The zero-order chi connectivity index (χ0) is 15.7. The molecule has 2 aliphatic rings. The molecule has 2 fully saturated rings. The monoisotopic (exact) mass is 308 g/mol. The summed E-state index contributed by atoms with van der Waals surface area (Å²) < 4.78 is 7.46. The summed E-state index contributed by atoms with van der Waals surface area (Å²) in [7, 11) is 1.85. The second-order valence-corrected chi connectivity index (χ2v) is 5.84. The van der Waals surface area contributed by atoms with Crippen molar-refractivity contribution in [2.45, 2.75) is 25.0 Å². The Hall–Kier alpha value is -2.09. The number of carboxylic acid groups (broad SMARTS) is 1. The molecular weight excluding hydrogens is 288 g/mol. The highest BCUT2D eigenvalue weighted by atomic mass is 16.5. The van der Waals surface area contributed by atoms with Gasteiger partial charge in [0, 0.05) is 25.8 Å². The van der Waals surface area contributed by atoms with Gasteiger partial charge >= 0.3 is 12.0 Å². The number of carboxylic acids is 1. The van der Waals surface area contributed by atoms with Crippen LogP contribution in [0.1, 0.15) is 24.6 Å². The first-order chi connectivity index (χ1) is 10.5. The second kappa shape index (κ2) is 5.96. The van der Waals surface area contributed by atoms with E-state index < -0.39 is 5.97 Å². The zero-order valence-electron chi connectivity index (χ0n) is 12.4. The fraction of sp³-hybridized carbons (Fsp3) is 0.643. The van der Waals surface area contributed by atoms with Crippen LogP contribution in [-0.4, -0.2) is 57.5 Å². The van der Waals surface area contributed by atoms with Gasteiger partial charge < -0.3 is 20.1 Å². The molecule has 0 spiro atoms. The van der Waals surface area contributed by atoms with E-state index in [9.17, 15) is 9.59 Å². The number of ether oxygens (including phenoxy) is 1. The Morgan fingerprint density at radius 3 is 2.86 bits per heavy atom. The minimum Gasteiger partial charge on any atom is -0.481 e. The summed E-state index contributed by atoms with van der Waals surface area (Å²) in [4.78, 5) is 24.8. The Bertz CT molecular complexity index is 567. The van der Waals surface area contributed by atoms with Crippen LogP contribution in [0.4, 0.5) is 4.79 Å². The number of urea groups is 1. The number of aromatic nitrogens is 2. The van der Waals surface area contributed by atoms with Crippen molar-refractivity contribution < 1.29 is 19.4 Å². The van der Waals surface area contributed by atoms with Crippen LogP contribution in [0.3, 0.4) is 0 Å². The fourth-order valence-electron chi connectivity index (χ4n) is 2.92. The van der Waals surface area contributed by atoms with Gasteiger partial charge in [-0.05, 0) is 18.9 Å². The SMILES string of the molecule is Cn1nccc1C1CN(C(=O)NC2CC(C(=O)O)C2)CCO1. The molecule has 8 heteroatoms. The molecule has 8 nitrogen and oxygen atoms in total. The first kappa shape index (κ1) is 14.8. The highest BCUT2D eigenvalue weighted by Crippen LogP contribution is 2.28. The lowest BCUT2D eigenvalue weighted by molar-refractivity contribution is -0.145. The third-order valence-corrected chi connectivity index (χ3v) is 4.36. The molecule has 1 saturated carbocycles. The summed E-state index contributed by atoms with van der Waals surface area (Å²) in [5, 5.41) is 15.9. The Labute approximate surface area is 128 Å². The van der Waals surface area contributed by atoms with Crippen molar-refractivity contribution in [3.05, 3.63) is 18.0 Å². The van der Waals surface area contributed by atoms with E-state index in [2.05, 4.69) is 10.4 Å². The first-order valence-corrected chi connectivity index (χ1v) is 7.42. The van der Waals surface area contributed by atoms with E-state index in [0.717, 1.165) is 5.69 Å². The number of amides is 2. The van der Waals surface area contributed by atoms with Gasteiger partial charge in [-0.15, -0.1) is 0 Å². The normalized spacial score (nSPS) is 28.0. The number of carbonyl (C=O) groups excluding carboxylic acids is 1. The Morgan fingerprint density at radius 1 is 1.45 bits per heavy atom.